The molecule has 12 heteroatoms. The Balaban J connectivity index is 0.000000828. The number of nitrogens with two attached hydrogens (primary N) is 1. The Hall–Kier alpha value is 0.119. The number of hydrogen-bond acceptors (Lipinski definition) is 8. The number of nitrogens with zero attached hydrogens (tertiary/aromatic N) is 1. The molecule has 0 unspecified atom stereocenters. The molecule has 0 aromatic heterocycles. The van der Waals surface area contributed by atoms with E-state index in [0.29, 0.717) is 18.7 Å². The van der Waals surface area contributed by atoms with Gasteiger partial charge in [0, 0.05) is 12.8 Å². The van der Waals surface area contributed by atoms with Crippen LogP contribution in [0.1, 0.15) is 5.56 Å². The van der Waals surface area contributed by atoms with Gasteiger partial charge in [-0.25, -0.2) is 0 Å². The van der Waals surface area contributed by atoms with Crippen LogP contribution in [0, 0.1) is 0 Å². The fourth-order valence-corrected chi connectivity index (χ4v) is 2.34. The van der Waals surface area contributed by atoms with Crippen molar-refractivity contribution in [2.45, 2.75) is 30.6 Å². The maximum atomic E-state index is 11.5. The van der Waals surface area contributed by atoms with Crippen molar-refractivity contribution in [1.82, 2.24) is 5.32 Å². The molecule has 6 N–H and O–H groups in total. The summed E-state index contributed by atoms with van der Waals surface area (Å²) in [4.78, 5) is 4.14. The van der Waals surface area contributed by atoms with Gasteiger partial charge in [-0.05, 0) is 5.56 Å². The summed E-state index contributed by atoms with van der Waals surface area (Å²) in [6, 6.07) is 5.76. The third-order valence-electron chi connectivity index (χ3n) is 3.71. The number of aliphatic hydroxyl groups is 3. The van der Waals surface area contributed by atoms with Crippen LogP contribution in [0.3, 0.4) is 0 Å². The molecule has 1 aromatic rings. The molecule has 27 heavy (non-hydrogen) atoms. The van der Waals surface area contributed by atoms with Gasteiger partial charge in [-0.3, -0.25) is 10.3 Å². The Bertz CT molecular complexity index is 583. The van der Waals surface area contributed by atoms with Gasteiger partial charge in [0.25, 0.3) is 0 Å². The summed E-state index contributed by atoms with van der Waals surface area (Å²) in [7, 11) is 15.0. The number of ether oxygens (including phenoxy) is 1. The number of halogens is 3. The number of hydrogen-bond donors (Lipinski definition) is 5. The van der Waals surface area contributed by atoms with Crippen molar-refractivity contribution in [2.24, 2.45) is 10.7 Å². The zero-order valence-corrected chi connectivity index (χ0v) is 19.3. The van der Waals surface area contributed by atoms with E-state index < -0.39 is 53.6 Å². The van der Waals surface area contributed by atoms with Crippen LogP contribution in [-0.2, 0) is 4.74 Å². The summed E-state index contributed by atoms with van der Waals surface area (Å²) in [5.41, 5.74) is 6.31. The first-order valence-corrected chi connectivity index (χ1v) is 18.8. The van der Waals surface area contributed by atoms with Gasteiger partial charge in [-0.1, -0.05) is 24.3 Å². The van der Waals surface area contributed by atoms with E-state index in [4.69, 9.17) is 42.3 Å². The van der Waals surface area contributed by atoms with Crippen molar-refractivity contribution in [1.29, 1.82) is 0 Å². The van der Waals surface area contributed by atoms with E-state index in [1.807, 2.05) is 0 Å². The average molecular weight is 549 g/mol. The summed E-state index contributed by atoms with van der Waals surface area (Å²) in [6.07, 6.45) is -2.50. The van der Waals surface area contributed by atoms with Gasteiger partial charge >= 0.3 is 43.1 Å². The Morgan fingerprint density at radius 1 is 1.26 bits per heavy atom. The van der Waals surface area contributed by atoms with Crippen molar-refractivity contribution in [3.05, 3.63) is 29.8 Å². The molecule has 0 radical (unpaired) electrons. The standard InChI is InChI=1S/C15H23N3O5.3ClH.Sn/c16-12-14(22)13(21)11(8-19)23-15(12)18-6-5-17-7-9-3-1-2-4-10(9)20;;;;/h1-4,7,11-15,18-22H,5-6,8,16H2;3*1H;/q;;;;+4/p-4/t11-,12-,13-,14-,15-;;;;/m1..../s1. The Labute approximate surface area is 175 Å². The molecule has 152 valence electrons. The molecule has 1 heterocycles. The van der Waals surface area contributed by atoms with Crippen molar-refractivity contribution in [3.8, 4) is 5.75 Å². The van der Waals surface area contributed by atoms with Crippen molar-refractivity contribution < 1.29 is 25.2 Å². The number of nitrogens with one attached hydrogen (secondary N) is 1. The molecule has 1 aromatic carbocycles. The third-order valence-corrected chi connectivity index (χ3v) is 3.71. The minimum absolute atomic E-state index is 0.0928. The van der Waals surface area contributed by atoms with Gasteiger partial charge in [-0.15, -0.1) is 5.75 Å². The quantitative estimate of drug-likeness (QED) is 0.178. The van der Waals surface area contributed by atoms with Crippen LogP contribution in [-0.4, -0.2) is 88.2 Å². The average Bonchev–Trinajstić information content (AvgIpc) is 2.62. The number of aliphatic hydroxyl groups excluding tert-OH is 3. The first kappa shape index (κ1) is 25.2. The Morgan fingerprint density at radius 2 is 1.89 bits per heavy atom. The van der Waals surface area contributed by atoms with Gasteiger partial charge in [0.2, 0.25) is 0 Å². The van der Waals surface area contributed by atoms with E-state index >= 15 is 0 Å². The maximum absolute atomic E-state index is 11.5. The van der Waals surface area contributed by atoms with E-state index in [9.17, 15) is 15.3 Å². The summed E-state index contributed by atoms with van der Waals surface area (Å²) < 4.78 is 5.42. The Morgan fingerprint density at radius 3 is 2.48 bits per heavy atom. The zero-order valence-electron chi connectivity index (χ0n) is 14.2. The van der Waals surface area contributed by atoms with Crippen LogP contribution in [0.5, 0.6) is 5.75 Å². The van der Waals surface area contributed by atoms with Crippen LogP contribution in [0.25, 0.3) is 0 Å². The van der Waals surface area contributed by atoms with E-state index in [2.05, 4.69) is 10.3 Å². The van der Waals surface area contributed by atoms with Crippen LogP contribution < -0.4 is 16.2 Å². The van der Waals surface area contributed by atoms with Crippen LogP contribution >= 0.6 is 26.8 Å². The second-order valence-corrected chi connectivity index (χ2v) is 18.3. The molecular formula is C15H22Cl3N3O5Sn. The topological polar surface area (TPSA) is 143 Å². The second kappa shape index (κ2) is 13.4. The summed E-state index contributed by atoms with van der Waals surface area (Å²) in [6.45, 7) is 0.363. The fraction of sp³-hybridized carbons (Fsp3) is 0.533. The second-order valence-electron chi connectivity index (χ2n) is 5.58. The zero-order chi connectivity index (χ0) is 20.4. The van der Waals surface area contributed by atoms with Gasteiger partial charge < -0.3 is 30.9 Å². The van der Waals surface area contributed by atoms with Crippen molar-refractivity contribution in [2.75, 3.05) is 19.7 Å². The number of rotatable bonds is 6. The van der Waals surface area contributed by atoms with Gasteiger partial charge in [0.05, 0.1) is 19.2 Å². The molecule has 1 saturated heterocycles. The summed E-state index contributed by atoms with van der Waals surface area (Å²) in [5.74, 6) is -0.0928. The van der Waals surface area contributed by atoms with Crippen molar-refractivity contribution in [3.63, 3.8) is 0 Å². The molecule has 5 atom stereocenters. The molecule has 0 saturated carbocycles. The van der Waals surface area contributed by atoms with Crippen LogP contribution in [0.15, 0.2) is 29.3 Å². The van der Waals surface area contributed by atoms with E-state index in [1.54, 1.807) is 18.2 Å². The fourth-order valence-electron chi connectivity index (χ4n) is 2.34. The molecule has 0 spiro atoms. The number of para-hydroxylation sites is 1. The van der Waals surface area contributed by atoms with E-state index in [1.165, 1.54) is 12.3 Å². The first-order chi connectivity index (χ1) is 12.8. The summed E-state index contributed by atoms with van der Waals surface area (Å²) >= 11 is -2.13. The summed E-state index contributed by atoms with van der Waals surface area (Å²) in [5, 5.41) is 43.1. The normalized spacial score (nSPS) is 27.9. The monoisotopic (exact) mass is 549 g/mol. The predicted octanol–water partition coefficient (Wildman–Crippen LogP) is -0.777. The molecule has 0 aliphatic carbocycles. The van der Waals surface area contributed by atoms with E-state index in [0.717, 1.165) is 0 Å². The minimum atomic E-state index is -2.13. The predicted molar refractivity (Wildman–Crippen MR) is 105 cm³/mol. The van der Waals surface area contributed by atoms with Crippen LogP contribution in [0.4, 0.5) is 0 Å². The number of benzene rings is 1. The molecule has 2 rings (SSSR count). The van der Waals surface area contributed by atoms with Crippen LogP contribution in [0.2, 0.25) is 0 Å². The molecule has 1 aliphatic heterocycles. The third kappa shape index (κ3) is 8.99. The molecule has 0 amide bonds. The molecule has 1 aliphatic rings. The SMILES string of the molecule is N[C@@H]1[C@@H](O)[C@H](O)[C@@H](CO)O[C@H]1NCCN=Cc1ccccc1[O-].[Cl][Sn+]([Cl])[Cl]. The van der Waals surface area contributed by atoms with Gasteiger partial charge in [0.15, 0.2) is 0 Å². The Kier molecular flexibility index (Phi) is 12.4. The van der Waals surface area contributed by atoms with E-state index in [-0.39, 0.29) is 5.75 Å². The van der Waals surface area contributed by atoms with Gasteiger partial charge in [0.1, 0.15) is 24.5 Å². The molecular weight excluding hydrogens is 527 g/mol. The van der Waals surface area contributed by atoms with Gasteiger partial charge in [-0.2, -0.15) is 0 Å². The molecule has 8 nitrogen and oxygen atoms in total. The molecule has 0 bridgehead atoms. The first-order valence-electron chi connectivity index (χ1n) is 7.98. The molecule has 1 fully saturated rings. The van der Waals surface area contributed by atoms with Crippen molar-refractivity contribution >= 4 is 49.4 Å². The number of aliphatic imine (C=N–C) groups is 1.